The van der Waals surface area contributed by atoms with Gasteiger partial charge >= 0.3 is 52.5 Å². The molecule has 0 atom stereocenters. The predicted octanol–water partition coefficient (Wildman–Crippen LogP) is 3.40. The van der Waals surface area contributed by atoms with Crippen LogP contribution in [0.15, 0.2) is 0 Å². The van der Waals surface area contributed by atoms with Crippen LogP contribution >= 0.6 is 0 Å². The van der Waals surface area contributed by atoms with Gasteiger partial charge in [0.1, 0.15) is 0 Å². The molecule has 0 spiro atoms. The summed E-state index contributed by atoms with van der Waals surface area (Å²) in [6, 6.07) is 0. The first kappa shape index (κ1) is 15.2. The van der Waals surface area contributed by atoms with Crippen LogP contribution in [-0.4, -0.2) is 20.7 Å². The van der Waals surface area contributed by atoms with E-state index in [1.165, 1.54) is 0 Å². The molecule has 0 saturated carbocycles. The van der Waals surface area contributed by atoms with Crippen LogP contribution in [-0.2, 0) is 12.6 Å². The average molecular weight is 214 g/mol. The monoisotopic (exact) mass is 214 g/mol. The predicted molar refractivity (Wildman–Crippen MR) is 49.4 cm³/mol. The maximum atomic E-state index is 10.2. The summed E-state index contributed by atoms with van der Waals surface area (Å²) in [5.74, 6) is 0. The zero-order valence-electron chi connectivity index (χ0n) is 7.77. The molecule has 0 aliphatic carbocycles. The number of hydrogen-bond donors (Lipinski definition) is 0. The second-order valence-electron chi connectivity index (χ2n) is 3.13. The number of hydrogen-bond acceptors (Lipinski definition) is 1. The summed E-state index contributed by atoms with van der Waals surface area (Å²) < 4.78 is 32.4. The van der Waals surface area contributed by atoms with E-state index in [9.17, 15) is 13.2 Å². The van der Waals surface area contributed by atoms with Gasteiger partial charge in [-0.15, -0.1) is 0 Å². The molecule has 0 aromatic rings. The molecule has 5 heteroatoms. The largest absolute Gasteiger partial charge is 0.680 e. The molecule has 0 nitrogen and oxygen atoms in total. The molecule has 0 aliphatic rings. The Morgan fingerprint density at radius 3 is 1.17 bits per heavy atom. The second-order valence-corrected chi connectivity index (χ2v) is 6.64. The van der Waals surface area contributed by atoms with Gasteiger partial charge in [0.15, 0.2) is 0 Å². The zero-order valence-corrected chi connectivity index (χ0v) is 9.75. The fraction of sp³-hybridized carbons (Fsp3) is 1.00. The molecular formula is C7H14AlF3S. The van der Waals surface area contributed by atoms with E-state index in [4.69, 9.17) is 0 Å². The normalized spacial score (nSPS) is 10.8. The Balaban J connectivity index is 0. The minimum Gasteiger partial charge on any atom is -0.680 e. The molecule has 72 valence electrons. The maximum absolute atomic E-state index is 10.2. The zero-order chi connectivity index (χ0) is 10.4. The molecule has 0 bridgehead atoms. The van der Waals surface area contributed by atoms with Crippen molar-refractivity contribution in [2.75, 3.05) is 0 Å². The summed E-state index contributed by atoms with van der Waals surface area (Å²) in [7, 11) is 0. The van der Waals surface area contributed by atoms with Crippen LogP contribution in [0.5, 0.6) is 0 Å². The van der Waals surface area contributed by atoms with Crippen molar-refractivity contribution in [2.45, 2.75) is 42.8 Å². The third kappa shape index (κ3) is 45.7. The Labute approximate surface area is 84.0 Å². The van der Waals surface area contributed by atoms with Crippen LogP contribution in [0.4, 0.5) is 13.2 Å². The molecule has 12 heavy (non-hydrogen) atoms. The van der Waals surface area contributed by atoms with Gasteiger partial charge in [0.25, 0.3) is 5.51 Å². The Kier molecular flexibility index (Phi) is 8.98. The summed E-state index contributed by atoms with van der Waals surface area (Å²) in [6.45, 7) is 9.20. The third-order valence-corrected chi connectivity index (χ3v) is 2.31. The molecule has 0 radical (unpaired) electrons. The van der Waals surface area contributed by atoms with Crippen molar-refractivity contribution in [2.24, 2.45) is 0 Å². The molecule has 0 N–H and O–H groups in total. The molecule has 0 aliphatic heterocycles. The van der Waals surface area contributed by atoms with Crippen molar-refractivity contribution in [1.82, 2.24) is 0 Å². The summed E-state index contributed by atoms with van der Waals surface area (Å²) in [5.41, 5.74) is -4.42. The van der Waals surface area contributed by atoms with E-state index in [0.29, 0.717) is 15.2 Å². The van der Waals surface area contributed by atoms with Crippen molar-refractivity contribution in [3.8, 4) is 0 Å². The number of rotatable bonds is 2. The summed E-state index contributed by atoms with van der Waals surface area (Å²) in [6.07, 6.45) is 0. The van der Waals surface area contributed by atoms with Crippen LogP contribution < -0.4 is 0 Å². The molecule has 0 fully saturated rings. The molecule has 0 rings (SSSR count). The van der Waals surface area contributed by atoms with Gasteiger partial charge in [-0.1, -0.05) is 0 Å². The molecule has 0 aromatic heterocycles. The fourth-order valence-electron chi connectivity index (χ4n) is 0.770. The van der Waals surface area contributed by atoms with Crippen LogP contribution in [0.3, 0.4) is 0 Å². The van der Waals surface area contributed by atoms with Gasteiger partial charge in [-0.25, -0.2) is 0 Å². The van der Waals surface area contributed by atoms with Gasteiger partial charge in [-0.2, -0.15) is 13.2 Å². The van der Waals surface area contributed by atoms with Crippen LogP contribution in [0.1, 0.15) is 27.7 Å². The van der Waals surface area contributed by atoms with Gasteiger partial charge in [0.2, 0.25) is 0 Å². The van der Waals surface area contributed by atoms with E-state index in [1.807, 2.05) is 0 Å². The standard InChI is InChI=1S/2C3H7.CHF3S.Al/c2*1-3-2;2-1(3,4)5;/h2*3H,1-2H3;5H;/q;;;+1/p-1. The van der Waals surface area contributed by atoms with Crippen LogP contribution in [0.2, 0.25) is 9.56 Å². The molecular weight excluding hydrogens is 200 g/mol. The Morgan fingerprint density at radius 1 is 1.00 bits per heavy atom. The smallest absolute Gasteiger partial charge is 0.276 e. The SMILES string of the molecule is C[CH](C)[Al+][CH](C)C.FC(F)(F)[S-]. The third-order valence-electron chi connectivity index (χ3n) is 0.770. The van der Waals surface area contributed by atoms with E-state index < -0.39 is 5.51 Å². The van der Waals surface area contributed by atoms with Crippen molar-refractivity contribution in [3.05, 3.63) is 0 Å². The van der Waals surface area contributed by atoms with Crippen LogP contribution in [0, 0.1) is 0 Å². The number of alkyl halides is 3. The van der Waals surface area contributed by atoms with Gasteiger partial charge in [-0.3, -0.25) is 0 Å². The topological polar surface area (TPSA) is 0 Å². The summed E-state index contributed by atoms with van der Waals surface area (Å²) >= 11 is 3.54. The first-order valence-corrected chi connectivity index (χ1v) is 5.49. The first-order chi connectivity index (χ1) is 5.13. The molecule has 0 aromatic carbocycles. The van der Waals surface area contributed by atoms with E-state index in [-0.39, 0.29) is 0 Å². The van der Waals surface area contributed by atoms with Crippen molar-refractivity contribution >= 4 is 27.8 Å². The Morgan fingerprint density at radius 2 is 1.17 bits per heavy atom. The summed E-state index contributed by atoms with van der Waals surface area (Å²) in [4.78, 5) is 0. The van der Waals surface area contributed by atoms with E-state index in [2.05, 4.69) is 40.3 Å². The maximum Gasteiger partial charge on any atom is 0.276 e. The van der Waals surface area contributed by atoms with Gasteiger partial charge < -0.3 is 12.6 Å². The Hall–Kier alpha value is 0.672. The van der Waals surface area contributed by atoms with Crippen molar-refractivity contribution in [3.63, 3.8) is 0 Å². The van der Waals surface area contributed by atoms with Crippen molar-refractivity contribution in [1.29, 1.82) is 0 Å². The number of halogens is 3. The Bertz CT molecular complexity index is 89.3. The van der Waals surface area contributed by atoms with Crippen molar-refractivity contribution < 1.29 is 13.2 Å². The molecule has 0 heterocycles. The van der Waals surface area contributed by atoms with Gasteiger partial charge in [-0.05, 0) is 0 Å². The van der Waals surface area contributed by atoms with E-state index in [0.717, 1.165) is 9.56 Å². The summed E-state index contributed by atoms with van der Waals surface area (Å²) in [5, 5.41) is 0. The molecule has 0 saturated heterocycles. The quantitative estimate of drug-likeness (QED) is 0.501. The van der Waals surface area contributed by atoms with Gasteiger partial charge in [0.05, 0.1) is 0 Å². The average Bonchev–Trinajstić information content (AvgIpc) is 1.52. The second kappa shape index (κ2) is 7.11. The molecule has 0 unspecified atom stereocenters. The first-order valence-electron chi connectivity index (χ1n) is 3.75. The van der Waals surface area contributed by atoms with Crippen LogP contribution in [0.25, 0.3) is 0 Å². The van der Waals surface area contributed by atoms with E-state index >= 15 is 0 Å². The fourth-order valence-corrected chi connectivity index (χ4v) is 2.31. The minimum atomic E-state index is -4.42. The molecule has 0 amide bonds. The van der Waals surface area contributed by atoms with E-state index in [1.54, 1.807) is 0 Å². The van der Waals surface area contributed by atoms with Gasteiger partial charge in [0, 0.05) is 0 Å². The minimum absolute atomic E-state index is 0.713.